The zero-order valence-electron chi connectivity index (χ0n) is 13.0. The molecular formula is C18H29N. The molecule has 0 heterocycles. The highest BCUT2D eigenvalue weighted by Crippen LogP contribution is 2.34. The summed E-state index contributed by atoms with van der Waals surface area (Å²) in [5, 5.41) is 3.72. The lowest BCUT2D eigenvalue weighted by Gasteiger charge is -2.22. The molecule has 0 spiro atoms. The molecule has 1 nitrogen and oxygen atoms in total. The predicted molar refractivity (Wildman–Crippen MR) is 83.6 cm³/mol. The minimum atomic E-state index is 0.747. The first-order valence-corrected chi connectivity index (χ1v) is 7.91. The van der Waals surface area contributed by atoms with E-state index in [1.54, 1.807) is 0 Å². The second kappa shape index (κ2) is 6.56. The van der Waals surface area contributed by atoms with Crippen LogP contribution in [0.25, 0.3) is 0 Å². The van der Waals surface area contributed by atoms with Crippen LogP contribution in [0.2, 0.25) is 0 Å². The van der Waals surface area contributed by atoms with Crippen molar-refractivity contribution < 1.29 is 0 Å². The van der Waals surface area contributed by atoms with E-state index in [-0.39, 0.29) is 0 Å². The smallest absolute Gasteiger partial charge is 0.00955 e. The molecule has 19 heavy (non-hydrogen) atoms. The summed E-state index contributed by atoms with van der Waals surface area (Å²) in [7, 11) is 0. The lowest BCUT2D eigenvalue weighted by Crippen LogP contribution is -2.33. The Morgan fingerprint density at radius 2 is 1.95 bits per heavy atom. The van der Waals surface area contributed by atoms with Crippen molar-refractivity contribution in [3.8, 4) is 0 Å². The molecule has 0 aliphatic heterocycles. The van der Waals surface area contributed by atoms with Crippen LogP contribution in [0.3, 0.4) is 0 Å². The summed E-state index contributed by atoms with van der Waals surface area (Å²) in [6, 6.07) is 7.73. The maximum Gasteiger partial charge on any atom is 0.00955 e. The van der Waals surface area contributed by atoms with Gasteiger partial charge in [-0.25, -0.2) is 0 Å². The van der Waals surface area contributed by atoms with Crippen LogP contribution >= 0.6 is 0 Å². The SMILES string of the molecule is CCCNC1CCC(Cc2ccc(C)c(C)c2)C1C. The molecule has 0 amide bonds. The monoisotopic (exact) mass is 259 g/mol. The van der Waals surface area contributed by atoms with Gasteiger partial charge in [0.25, 0.3) is 0 Å². The number of benzene rings is 1. The maximum absolute atomic E-state index is 3.72. The third-order valence-electron chi connectivity index (χ3n) is 4.95. The highest BCUT2D eigenvalue weighted by molar-refractivity contribution is 5.30. The summed E-state index contributed by atoms with van der Waals surface area (Å²) in [5.74, 6) is 1.67. The molecule has 1 aliphatic rings. The van der Waals surface area contributed by atoms with Gasteiger partial charge in [-0.3, -0.25) is 0 Å². The summed E-state index contributed by atoms with van der Waals surface area (Å²) >= 11 is 0. The Bertz CT molecular complexity index is 410. The Morgan fingerprint density at radius 3 is 2.63 bits per heavy atom. The molecule has 0 bridgehead atoms. The molecule has 1 aromatic carbocycles. The van der Waals surface area contributed by atoms with Crippen molar-refractivity contribution in [2.24, 2.45) is 11.8 Å². The van der Waals surface area contributed by atoms with Gasteiger partial charge in [-0.05, 0) is 74.6 Å². The largest absolute Gasteiger partial charge is 0.314 e. The molecule has 0 saturated heterocycles. The van der Waals surface area contributed by atoms with E-state index in [9.17, 15) is 0 Å². The van der Waals surface area contributed by atoms with E-state index in [1.807, 2.05) is 0 Å². The molecule has 1 saturated carbocycles. The van der Waals surface area contributed by atoms with Crippen molar-refractivity contribution in [3.63, 3.8) is 0 Å². The first-order valence-electron chi connectivity index (χ1n) is 7.91. The summed E-state index contributed by atoms with van der Waals surface area (Å²) in [6.07, 6.45) is 5.24. The normalized spacial score (nSPS) is 26.8. The Kier molecular flexibility index (Phi) is 5.04. The summed E-state index contributed by atoms with van der Waals surface area (Å²) in [5.41, 5.74) is 4.37. The van der Waals surface area contributed by atoms with Crippen molar-refractivity contribution in [3.05, 3.63) is 34.9 Å². The Labute approximate surface area is 118 Å². The molecule has 1 heteroatoms. The third-order valence-corrected chi connectivity index (χ3v) is 4.95. The first-order chi connectivity index (χ1) is 9.11. The quantitative estimate of drug-likeness (QED) is 0.833. The van der Waals surface area contributed by atoms with Crippen LogP contribution in [0, 0.1) is 25.7 Å². The van der Waals surface area contributed by atoms with Crippen molar-refractivity contribution in [2.75, 3.05) is 6.54 Å². The van der Waals surface area contributed by atoms with E-state index in [2.05, 4.69) is 51.2 Å². The maximum atomic E-state index is 3.72. The highest BCUT2D eigenvalue weighted by atomic mass is 14.9. The van der Waals surface area contributed by atoms with E-state index in [1.165, 1.54) is 48.9 Å². The average Bonchev–Trinajstić information content (AvgIpc) is 2.73. The Balaban J connectivity index is 1.94. The van der Waals surface area contributed by atoms with Crippen molar-refractivity contribution in [1.29, 1.82) is 0 Å². The van der Waals surface area contributed by atoms with Crippen molar-refractivity contribution in [2.45, 2.75) is 59.4 Å². The van der Waals surface area contributed by atoms with Gasteiger partial charge in [0.05, 0.1) is 0 Å². The predicted octanol–water partition coefficient (Wildman–Crippen LogP) is 4.26. The molecule has 106 valence electrons. The fourth-order valence-electron chi connectivity index (χ4n) is 3.39. The molecule has 3 atom stereocenters. The van der Waals surface area contributed by atoms with Gasteiger partial charge in [-0.2, -0.15) is 0 Å². The van der Waals surface area contributed by atoms with Gasteiger partial charge in [0.15, 0.2) is 0 Å². The lowest BCUT2D eigenvalue weighted by molar-refractivity contribution is 0.351. The number of rotatable bonds is 5. The molecular weight excluding hydrogens is 230 g/mol. The number of nitrogens with one attached hydrogen (secondary N) is 1. The van der Waals surface area contributed by atoms with E-state index >= 15 is 0 Å². The van der Waals surface area contributed by atoms with E-state index in [0.717, 1.165) is 17.9 Å². The van der Waals surface area contributed by atoms with Gasteiger partial charge in [-0.15, -0.1) is 0 Å². The van der Waals surface area contributed by atoms with Gasteiger partial charge in [0.1, 0.15) is 0 Å². The number of aryl methyl sites for hydroxylation is 2. The lowest BCUT2D eigenvalue weighted by atomic mass is 9.88. The summed E-state index contributed by atoms with van der Waals surface area (Å²) in [4.78, 5) is 0. The second-order valence-corrected chi connectivity index (χ2v) is 6.38. The zero-order chi connectivity index (χ0) is 13.8. The van der Waals surface area contributed by atoms with Crippen LogP contribution in [-0.4, -0.2) is 12.6 Å². The van der Waals surface area contributed by atoms with Crippen LogP contribution in [0.1, 0.15) is 49.8 Å². The fraction of sp³-hybridized carbons (Fsp3) is 0.667. The van der Waals surface area contributed by atoms with Gasteiger partial charge < -0.3 is 5.32 Å². The molecule has 2 rings (SSSR count). The zero-order valence-corrected chi connectivity index (χ0v) is 13.0. The second-order valence-electron chi connectivity index (χ2n) is 6.38. The molecule has 1 fully saturated rings. The van der Waals surface area contributed by atoms with Gasteiger partial charge in [0, 0.05) is 6.04 Å². The van der Waals surface area contributed by atoms with Crippen LogP contribution in [-0.2, 0) is 6.42 Å². The summed E-state index contributed by atoms with van der Waals surface area (Å²) < 4.78 is 0. The third kappa shape index (κ3) is 3.60. The van der Waals surface area contributed by atoms with Crippen molar-refractivity contribution in [1.82, 2.24) is 5.32 Å². The van der Waals surface area contributed by atoms with E-state index in [0.29, 0.717) is 0 Å². The van der Waals surface area contributed by atoms with Crippen LogP contribution in [0.15, 0.2) is 18.2 Å². The van der Waals surface area contributed by atoms with Gasteiger partial charge >= 0.3 is 0 Å². The van der Waals surface area contributed by atoms with Crippen molar-refractivity contribution >= 4 is 0 Å². The Morgan fingerprint density at radius 1 is 1.16 bits per heavy atom. The Hall–Kier alpha value is -0.820. The standard InChI is InChI=1S/C18H29N/c1-5-10-19-18-9-8-17(15(18)4)12-16-7-6-13(2)14(3)11-16/h6-7,11,15,17-19H,5,8-10,12H2,1-4H3. The minimum absolute atomic E-state index is 0.747. The van der Waals surface area contributed by atoms with E-state index in [4.69, 9.17) is 0 Å². The molecule has 1 N–H and O–H groups in total. The van der Waals surface area contributed by atoms with Crippen LogP contribution in [0.5, 0.6) is 0 Å². The molecule has 1 aliphatic carbocycles. The summed E-state index contributed by atoms with van der Waals surface area (Å²) in [6.45, 7) is 10.3. The molecule has 0 radical (unpaired) electrons. The minimum Gasteiger partial charge on any atom is -0.314 e. The number of hydrogen-bond acceptors (Lipinski definition) is 1. The first kappa shape index (κ1) is 14.6. The highest BCUT2D eigenvalue weighted by Gasteiger charge is 2.31. The van der Waals surface area contributed by atoms with Gasteiger partial charge in [0.2, 0.25) is 0 Å². The number of hydrogen-bond donors (Lipinski definition) is 1. The van der Waals surface area contributed by atoms with E-state index < -0.39 is 0 Å². The molecule has 3 unspecified atom stereocenters. The fourth-order valence-corrected chi connectivity index (χ4v) is 3.39. The van der Waals surface area contributed by atoms with Gasteiger partial charge in [-0.1, -0.05) is 32.0 Å². The molecule has 0 aromatic heterocycles. The van der Waals surface area contributed by atoms with Crippen LogP contribution in [0.4, 0.5) is 0 Å². The van der Waals surface area contributed by atoms with Crippen LogP contribution < -0.4 is 5.32 Å². The topological polar surface area (TPSA) is 12.0 Å². The average molecular weight is 259 g/mol. The molecule has 1 aromatic rings.